The molecule has 2 nitrogen and oxygen atoms in total. The molecule has 1 heterocycles. The maximum Gasteiger partial charge on any atom is 0.154 e. The van der Waals surface area contributed by atoms with Gasteiger partial charge in [0.25, 0.3) is 0 Å². The van der Waals surface area contributed by atoms with E-state index in [0.29, 0.717) is 13.0 Å². The van der Waals surface area contributed by atoms with E-state index >= 15 is 0 Å². The SMILES string of the molecule is CN1C[C@H](Cl)C(=O)C[C@@H]1Cl. The molecule has 1 fully saturated rings. The lowest BCUT2D eigenvalue weighted by Gasteiger charge is -2.29. The Hall–Kier alpha value is 0.210. The average molecular weight is 182 g/mol. The van der Waals surface area contributed by atoms with Crippen LogP contribution in [0.1, 0.15) is 6.42 Å². The Morgan fingerprint density at radius 2 is 2.20 bits per heavy atom. The molecule has 0 saturated carbocycles. The fourth-order valence-electron chi connectivity index (χ4n) is 0.919. The number of Topliss-reactive ketones (excluding diaryl/α,β-unsaturated/α-hetero) is 1. The second-order valence-corrected chi connectivity index (χ2v) is 3.54. The third kappa shape index (κ3) is 1.62. The summed E-state index contributed by atoms with van der Waals surface area (Å²) >= 11 is 11.5. The van der Waals surface area contributed by atoms with Gasteiger partial charge < -0.3 is 0 Å². The van der Waals surface area contributed by atoms with E-state index in [4.69, 9.17) is 23.2 Å². The topological polar surface area (TPSA) is 20.3 Å². The molecule has 4 heteroatoms. The number of hydrogen-bond donors (Lipinski definition) is 0. The first-order valence-electron chi connectivity index (χ1n) is 3.12. The average Bonchev–Trinajstić information content (AvgIpc) is 1.84. The van der Waals surface area contributed by atoms with Crippen molar-refractivity contribution in [2.75, 3.05) is 13.6 Å². The second kappa shape index (κ2) is 3.07. The number of piperidine rings is 1. The zero-order chi connectivity index (χ0) is 7.72. The molecule has 0 spiro atoms. The molecule has 1 saturated heterocycles. The van der Waals surface area contributed by atoms with Gasteiger partial charge in [0.15, 0.2) is 5.78 Å². The minimum atomic E-state index is -0.361. The highest BCUT2D eigenvalue weighted by Crippen LogP contribution is 2.18. The van der Waals surface area contributed by atoms with E-state index in [1.54, 1.807) is 0 Å². The number of alkyl halides is 2. The Kier molecular flexibility index (Phi) is 2.55. The lowest BCUT2D eigenvalue weighted by atomic mass is 10.1. The van der Waals surface area contributed by atoms with Crippen LogP contribution in [0.5, 0.6) is 0 Å². The lowest BCUT2D eigenvalue weighted by Crippen LogP contribution is -2.43. The van der Waals surface area contributed by atoms with E-state index in [2.05, 4.69) is 0 Å². The highest BCUT2D eigenvalue weighted by atomic mass is 35.5. The predicted octanol–water partition coefficient (Wildman–Crippen LogP) is 1.06. The highest BCUT2D eigenvalue weighted by Gasteiger charge is 2.29. The minimum absolute atomic E-state index is 0.0553. The summed E-state index contributed by atoms with van der Waals surface area (Å²) in [5, 5.41) is -0.361. The van der Waals surface area contributed by atoms with E-state index in [9.17, 15) is 4.79 Å². The zero-order valence-corrected chi connectivity index (χ0v) is 7.19. The monoisotopic (exact) mass is 181 g/mol. The lowest BCUT2D eigenvalue weighted by molar-refractivity contribution is -0.121. The number of carbonyl (C=O) groups is 1. The van der Waals surface area contributed by atoms with E-state index in [-0.39, 0.29) is 16.7 Å². The van der Waals surface area contributed by atoms with Crippen LogP contribution in [0.3, 0.4) is 0 Å². The summed E-state index contributed by atoms with van der Waals surface area (Å²) < 4.78 is 0. The van der Waals surface area contributed by atoms with Crippen LogP contribution in [-0.4, -0.2) is 35.2 Å². The number of likely N-dealkylation sites (tertiary alicyclic amines) is 1. The standard InChI is InChI=1S/C6H9Cl2NO/c1-9-3-4(7)5(10)2-6(9)8/h4,6H,2-3H2,1H3/t4-,6+/m0/s1. The van der Waals surface area contributed by atoms with Crippen LogP contribution < -0.4 is 0 Å². The number of halogens is 2. The fourth-order valence-corrected chi connectivity index (χ4v) is 1.46. The van der Waals surface area contributed by atoms with Crippen molar-refractivity contribution >= 4 is 29.0 Å². The number of nitrogens with zero attached hydrogens (tertiary/aromatic N) is 1. The summed E-state index contributed by atoms with van der Waals surface area (Å²) in [5.41, 5.74) is -0.164. The Labute approximate surface area is 70.1 Å². The van der Waals surface area contributed by atoms with Crippen molar-refractivity contribution in [2.24, 2.45) is 0 Å². The van der Waals surface area contributed by atoms with Crippen LogP contribution in [0.2, 0.25) is 0 Å². The Morgan fingerprint density at radius 3 is 2.70 bits per heavy atom. The number of carbonyl (C=O) groups excluding carboxylic acids is 1. The molecule has 10 heavy (non-hydrogen) atoms. The van der Waals surface area contributed by atoms with Crippen molar-refractivity contribution in [3.8, 4) is 0 Å². The van der Waals surface area contributed by atoms with Crippen molar-refractivity contribution in [1.82, 2.24) is 4.90 Å². The Balaban J connectivity index is 2.54. The van der Waals surface area contributed by atoms with Crippen LogP contribution in [0.4, 0.5) is 0 Å². The molecule has 2 atom stereocenters. The van der Waals surface area contributed by atoms with Crippen LogP contribution in [0.25, 0.3) is 0 Å². The molecule has 1 aliphatic heterocycles. The van der Waals surface area contributed by atoms with Gasteiger partial charge >= 0.3 is 0 Å². The first-order chi connectivity index (χ1) is 4.61. The maximum atomic E-state index is 10.9. The maximum absolute atomic E-state index is 10.9. The molecule has 0 aromatic rings. The van der Waals surface area contributed by atoms with Gasteiger partial charge in [0, 0.05) is 13.0 Å². The van der Waals surface area contributed by atoms with Gasteiger partial charge in [0.1, 0.15) is 5.38 Å². The van der Waals surface area contributed by atoms with Gasteiger partial charge in [0.05, 0.1) is 5.50 Å². The van der Waals surface area contributed by atoms with Gasteiger partial charge in [-0.1, -0.05) is 0 Å². The van der Waals surface area contributed by atoms with Crippen LogP contribution in [0.15, 0.2) is 0 Å². The molecular weight excluding hydrogens is 173 g/mol. The van der Waals surface area contributed by atoms with Crippen molar-refractivity contribution in [3.05, 3.63) is 0 Å². The van der Waals surface area contributed by atoms with Crippen molar-refractivity contribution in [1.29, 1.82) is 0 Å². The van der Waals surface area contributed by atoms with Crippen LogP contribution in [0, 0.1) is 0 Å². The van der Waals surface area contributed by atoms with Gasteiger partial charge in [-0.2, -0.15) is 0 Å². The van der Waals surface area contributed by atoms with Gasteiger partial charge in [-0.05, 0) is 7.05 Å². The molecule has 0 bridgehead atoms. The van der Waals surface area contributed by atoms with E-state index in [1.807, 2.05) is 11.9 Å². The van der Waals surface area contributed by atoms with Crippen molar-refractivity contribution in [2.45, 2.75) is 17.3 Å². The van der Waals surface area contributed by atoms with Gasteiger partial charge in [-0.25, -0.2) is 0 Å². The fraction of sp³-hybridized carbons (Fsp3) is 0.833. The van der Waals surface area contributed by atoms with Crippen LogP contribution in [-0.2, 0) is 4.79 Å². The molecule has 0 aliphatic carbocycles. The van der Waals surface area contributed by atoms with E-state index in [1.165, 1.54) is 0 Å². The van der Waals surface area contributed by atoms with Gasteiger partial charge in [-0.3, -0.25) is 9.69 Å². The predicted molar refractivity (Wildman–Crippen MR) is 41.5 cm³/mol. The van der Waals surface area contributed by atoms with Crippen LogP contribution >= 0.6 is 23.2 Å². The quantitative estimate of drug-likeness (QED) is 0.412. The molecule has 0 aromatic heterocycles. The first-order valence-corrected chi connectivity index (χ1v) is 3.99. The molecule has 58 valence electrons. The Morgan fingerprint density at radius 1 is 1.60 bits per heavy atom. The third-order valence-corrected chi connectivity index (χ3v) is 2.51. The van der Waals surface area contributed by atoms with E-state index in [0.717, 1.165) is 0 Å². The second-order valence-electron chi connectivity index (χ2n) is 2.51. The van der Waals surface area contributed by atoms with Gasteiger partial charge in [-0.15, -0.1) is 23.2 Å². The zero-order valence-electron chi connectivity index (χ0n) is 5.68. The molecule has 0 amide bonds. The third-order valence-electron chi connectivity index (χ3n) is 1.65. The molecule has 0 unspecified atom stereocenters. The molecule has 1 aliphatic rings. The summed E-state index contributed by atoms with van der Waals surface area (Å²) in [6, 6.07) is 0. The molecule has 0 N–H and O–H groups in total. The summed E-state index contributed by atoms with van der Waals surface area (Å²) in [6.45, 7) is 0.564. The first kappa shape index (κ1) is 8.31. The van der Waals surface area contributed by atoms with Gasteiger partial charge in [0.2, 0.25) is 0 Å². The summed E-state index contributed by atoms with van der Waals surface area (Å²) in [4.78, 5) is 12.8. The summed E-state index contributed by atoms with van der Waals surface area (Å²) in [7, 11) is 1.86. The summed E-state index contributed by atoms with van der Waals surface area (Å²) in [6.07, 6.45) is 0.367. The van der Waals surface area contributed by atoms with E-state index < -0.39 is 0 Å². The smallest absolute Gasteiger partial charge is 0.154 e. The normalized spacial score (nSPS) is 36.5. The molecular formula is C6H9Cl2NO. The summed E-state index contributed by atoms with van der Waals surface area (Å²) in [5.74, 6) is 0.0553. The number of rotatable bonds is 0. The minimum Gasteiger partial charge on any atom is -0.298 e. The molecule has 1 rings (SSSR count). The van der Waals surface area contributed by atoms with Crippen molar-refractivity contribution < 1.29 is 4.79 Å². The molecule has 0 radical (unpaired) electrons. The Bertz CT molecular complexity index is 151. The largest absolute Gasteiger partial charge is 0.298 e. The number of hydrogen-bond acceptors (Lipinski definition) is 2. The number of ketones is 1. The molecule has 0 aromatic carbocycles. The highest BCUT2D eigenvalue weighted by molar-refractivity contribution is 6.33. The van der Waals surface area contributed by atoms with Crippen molar-refractivity contribution in [3.63, 3.8) is 0 Å².